The van der Waals surface area contributed by atoms with E-state index in [1.54, 1.807) is 12.1 Å². The highest BCUT2D eigenvalue weighted by Gasteiger charge is 2.37. The van der Waals surface area contributed by atoms with Crippen LogP contribution in [-0.2, 0) is 9.59 Å². The lowest BCUT2D eigenvalue weighted by Gasteiger charge is -2.16. The smallest absolute Gasteiger partial charge is 0.307 e. The Hall–Kier alpha value is -1.55. The molecule has 0 spiro atoms. The molecule has 1 aromatic rings. The number of anilines is 1. The average Bonchev–Trinajstić information content (AvgIpc) is 2.83. The molecule has 19 heavy (non-hydrogen) atoms. The van der Waals surface area contributed by atoms with E-state index in [2.05, 4.69) is 5.32 Å². The van der Waals surface area contributed by atoms with Crippen LogP contribution in [0.25, 0.3) is 0 Å². The molecule has 2 N–H and O–H groups in total. The molecule has 1 aliphatic carbocycles. The Bertz CT molecular complexity index is 515. The third-order valence-corrected chi connectivity index (χ3v) is 3.86. The zero-order chi connectivity index (χ0) is 14.0. The number of nitrogens with one attached hydrogen (secondary N) is 1. The molecule has 0 bridgehead atoms. The number of carbonyl (C=O) groups is 2. The number of carbonyl (C=O) groups excluding carboxylic acids is 1. The van der Waals surface area contributed by atoms with Gasteiger partial charge in [0, 0.05) is 10.7 Å². The van der Waals surface area contributed by atoms with Crippen molar-refractivity contribution in [2.75, 3.05) is 5.32 Å². The van der Waals surface area contributed by atoms with Crippen LogP contribution in [0.4, 0.5) is 5.69 Å². The summed E-state index contributed by atoms with van der Waals surface area (Å²) in [6, 6.07) is 5.25. The van der Waals surface area contributed by atoms with Gasteiger partial charge in [0.2, 0.25) is 5.91 Å². The molecule has 1 fully saturated rings. The van der Waals surface area contributed by atoms with Crippen molar-refractivity contribution < 1.29 is 14.7 Å². The van der Waals surface area contributed by atoms with Crippen LogP contribution < -0.4 is 5.32 Å². The number of carboxylic acid groups (broad SMARTS) is 1. The van der Waals surface area contributed by atoms with E-state index in [9.17, 15) is 9.59 Å². The Morgan fingerprint density at radius 1 is 1.32 bits per heavy atom. The van der Waals surface area contributed by atoms with Gasteiger partial charge < -0.3 is 10.4 Å². The normalized spacial score (nSPS) is 22.2. The van der Waals surface area contributed by atoms with Crippen molar-refractivity contribution >= 4 is 29.2 Å². The van der Waals surface area contributed by atoms with Gasteiger partial charge >= 0.3 is 5.97 Å². The van der Waals surface area contributed by atoms with Gasteiger partial charge in [0.1, 0.15) is 0 Å². The average molecular weight is 282 g/mol. The van der Waals surface area contributed by atoms with Crippen LogP contribution in [0.2, 0.25) is 5.02 Å². The summed E-state index contributed by atoms with van der Waals surface area (Å²) in [4.78, 5) is 23.3. The molecular weight excluding hydrogens is 266 g/mol. The molecular formula is C14H16ClNO3. The number of hydrogen-bond donors (Lipinski definition) is 2. The highest BCUT2D eigenvalue weighted by atomic mass is 35.5. The number of aryl methyl sites for hydroxylation is 1. The highest BCUT2D eigenvalue weighted by molar-refractivity contribution is 6.31. The lowest BCUT2D eigenvalue weighted by atomic mass is 9.95. The van der Waals surface area contributed by atoms with E-state index in [-0.39, 0.29) is 5.91 Å². The van der Waals surface area contributed by atoms with Gasteiger partial charge in [-0.1, -0.05) is 24.1 Å². The quantitative estimate of drug-likeness (QED) is 0.895. The Morgan fingerprint density at radius 3 is 2.68 bits per heavy atom. The Morgan fingerprint density at radius 2 is 2.00 bits per heavy atom. The van der Waals surface area contributed by atoms with Gasteiger partial charge in [-0.25, -0.2) is 0 Å². The van der Waals surface area contributed by atoms with E-state index in [0.29, 0.717) is 23.6 Å². The lowest BCUT2D eigenvalue weighted by molar-refractivity contribution is -0.145. The summed E-state index contributed by atoms with van der Waals surface area (Å²) in [5, 5.41) is 12.4. The first kappa shape index (κ1) is 13.9. The lowest BCUT2D eigenvalue weighted by Crippen LogP contribution is -2.30. The first-order valence-corrected chi connectivity index (χ1v) is 6.66. The van der Waals surface area contributed by atoms with Gasteiger partial charge in [0.25, 0.3) is 0 Å². The molecule has 102 valence electrons. The number of rotatable bonds is 3. The van der Waals surface area contributed by atoms with Crippen molar-refractivity contribution in [3.63, 3.8) is 0 Å². The molecule has 0 saturated heterocycles. The van der Waals surface area contributed by atoms with Crippen molar-refractivity contribution in [3.05, 3.63) is 28.8 Å². The molecule has 0 heterocycles. The topological polar surface area (TPSA) is 66.4 Å². The van der Waals surface area contributed by atoms with Crippen molar-refractivity contribution in [2.24, 2.45) is 11.8 Å². The number of benzene rings is 1. The van der Waals surface area contributed by atoms with E-state index >= 15 is 0 Å². The van der Waals surface area contributed by atoms with Crippen molar-refractivity contribution in [2.45, 2.75) is 26.2 Å². The van der Waals surface area contributed by atoms with Crippen LogP contribution in [0.1, 0.15) is 24.8 Å². The Kier molecular flexibility index (Phi) is 4.10. The zero-order valence-corrected chi connectivity index (χ0v) is 11.4. The van der Waals surface area contributed by atoms with Crippen molar-refractivity contribution in [1.82, 2.24) is 0 Å². The fourth-order valence-corrected chi connectivity index (χ4v) is 2.70. The summed E-state index contributed by atoms with van der Waals surface area (Å²) in [6.45, 7) is 1.87. The van der Waals surface area contributed by atoms with Crippen LogP contribution in [-0.4, -0.2) is 17.0 Å². The third-order valence-electron chi connectivity index (χ3n) is 3.63. The molecule has 0 radical (unpaired) electrons. The molecule has 1 amide bonds. The van der Waals surface area contributed by atoms with Gasteiger partial charge in [0.05, 0.1) is 11.8 Å². The second-order valence-electron chi connectivity index (χ2n) is 4.93. The first-order chi connectivity index (χ1) is 8.99. The van der Waals surface area contributed by atoms with E-state index < -0.39 is 17.8 Å². The van der Waals surface area contributed by atoms with Gasteiger partial charge in [0.15, 0.2) is 0 Å². The molecule has 5 heteroatoms. The van der Waals surface area contributed by atoms with E-state index in [1.807, 2.05) is 13.0 Å². The van der Waals surface area contributed by atoms with Crippen LogP contribution in [0.15, 0.2) is 18.2 Å². The summed E-state index contributed by atoms with van der Waals surface area (Å²) in [6.07, 6.45) is 1.98. The largest absolute Gasteiger partial charge is 0.481 e. The highest BCUT2D eigenvalue weighted by Crippen LogP contribution is 2.33. The Balaban J connectivity index is 2.12. The minimum Gasteiger partial charge on any atom is -0.481 e. The monoisotopic (exact) mass is 281 g/mol. The van der Waals surface area contributed by atoms with Crippen LogP contribution >= 0.6 is 11.6 Å². The number of halogens is 1. The number of amides is 1. The maximum Gasteiger partial charge on any atom is 0.307 e. The summed E-state index contributed by atoms with van der Waals surface area (Å²) in [5.74, 6) is -2.13. The van der Waals surface area contributed by atoms with Gasteiger partial charge in [-0.15, -0.1) is 0 Å². The molecule has 4 nitrogen and oxygen atoms in total. The fourth-order valence-electron chi connectivity index (χ4n) is 2.52. The second kappa shape index (κ2) is 5.61. The number of aliphatic carboxylic acids is 1. The van der Waals surface area contributed by atoms with Crippen molar-refractivity contribution in [3.8, 4) is 0 Å². The van der Waals surface area contributed by atoms with Crippen LogP contribution in [0, 0.1) is 18.8 Å². The van der Waals surface area contributed by atoms with Gasteiger partial charge in [-0.3, -0.25) is 9.59 Å². The summed E-state index contributed by atoms with van der Waals surface area (Å²) < 4.78 is 0. The summed E-state index contributed by atoms with van der Waals surface area (Å²) in [5.41, 5.74) is 1.55. The van der Waals surface area contributed by atoms with Gasteiger partial charge in [-0.2, -0.15) is 0 Å². The molecule has 1 aromatic carbocycles. The van der Waals surface area contributed by atoms with Crippen LogP contribution in [0.5, 0.6) is 0 Å². The fraction of sp³-hybridized carbons (Fsp3) is 0.429. The van der Waals surface area contributed by atoms with E-state index in [1.165, 1.54) is 0 Å². The Labute approximate surface area is 116 Å². The maximum absolute atomic E-state index is 12.2. The minimum absolute atomic E-state index is 0.227. The molecule has 2 unspecified atom stereocenters. The SMILES string of the molecule is Cc1ccc(Cl)cc1NC(=O)C1CCCC1C(=O)O. The standard InChI is InChI=1S/C14H16ClNO3/c1-8-5-6-9(15)7-12(8)16-13(17)10-3-2-4-11(10)14(18)19/h5-7,10-11H,2-4H2,1H3,(H,16,17)(H,18,19). The van der Waals surface area contributed by atoms with Gasteiger partial charge in [-0.05, 0) is 37.5 Å². The minimum atomic E-state index is -0.888. The maximum atomic E-state index is 12.2. The number of hydrogen-bond acceptors (Lipinski definition) is 2. The predicted molar refractivity (Wildman–Crippen MR) is 73.3 cm³/mol. The third kappa shape index (κ3) is 3.07. The molecule has 2 rings (SSSR count). The van der Waals surface area contributed by atoms with E-state index in [4.69, 9.17) is 16.7 Å². The molecule has 1 saturated carbocycles. The summed E-state index contributed by atoms with van der Waals surface area (Å²) >= 11 is 5.89. The predicted octanol–water partition coefficient (Wildman–Crippen LogP) is 3.09. The molecule has 0 aromatic heterocycles. The zero-order valence-electron chi connectivity index (χ0n) is 10.6. The molecule has 0 aliphatic heterocycles. The van der Waals surface area contributed by atoms with Crippen LogP contribution in [0.3, 0.4) is 0 Å². The number of carboxylic acids is 1. The van der Waals surface area contributed by atoms with E-state index in [0.717, 1.165) is 12.0 Å². The molecule has 2 atom stereocenters. The molecule has 1 aliphatic rings. The summed E-state index contributed by atoms with van der Waals surface area (Å²) in [7, 11) is 0. The first-order valence-electron chi connectivity index (χ1n) is 6.29. The van der Waals surface area contributed by atoms with Crippen molar-refractivity contribution in [1.29, 1.82) is 0 Å². The second-order valence-corrected chi connectivity index (χ2v) is 5.37.